The van der Waals surface area contributed by atoms with Gasteiger partial charge in [0.2, 0.25) is 0 Å². The van der Waals surface area contributed by atoms with Crippen molar-refractivity contribution in [3.63, 3.8) is 0 Å². The van der Waals surface area contributed by atoms with E-state index in [2.05, 4.69) is 6.92 Å². The minimum absolute atomic E-state index is 0.440. The third-order valence-corrected chi connectivity index (χ3v) is 2.69. The fraction of sp³-hybridized carbons (Fsp3) is 1.00. The zero-order valence-corrected chi connectivity index (χ0v) is 7.22. The zero-order chi connectivity index (χ0) is 7.78. The molecule has 0 bridgehead atoms. The molecule has 0 amide bonds. The monoisotopic (exact) mass is 142 g/mol. The van der Waals surface area contributed by atoms with Crippen LogP contribution in [0.5, 0.6) is 0 Å². The first kappa shape index (κ1) is 8.06. The lowest BCUT2D eigenvalue weighted by Crippen LogP contribution is -2.28. The van der Waals surface area contributed by atoms with Gasteiger partial charge in [-0.05, 0) is 38.5 Å². The molecule has 1 heteroatoms. The Labute approximate surface area is 63.4 Å². The highest BCUT2D eigenvalue weighted by Gasteiger charge is 2.32. The van der Waals surface area contributed by atoms with Gasteiger partial charge in [0, 0.05) is 0 Å². The van der Waals surface area contributed by atoms with Gasteiger partial charge >= 0.3 is 0 Å². The van der Waals surface area contributed by atoms with Crippen molar-refractivity contribution in [3.8, 4) is 0 Å². The second kappa shape index (κ2) is 2.54. The normalized spacial score (nSPS) is 34.8. The smallest absolute Gasteiger partial charge is 0.0619 e. The van der Waals surface area contributed by atoms with Gasteiger partial charge < -0.3 is 5.11 Å². The second-order valence-electron chi connectivity index (χ2n) is 4.27. The molecule has 1 nitrogen and oxygen atoms in total. The van der Waals surface area contributed by atoms with Crippen LogP contribution in [0.3, 0.4) is 0 Å². The molecule has 0 heterocycles. The summed E-state index contributed by atoms with van der Waals surface area (Å²) < 4.78 is 0. The summed E-state index contributed by atoms with van der Waals surface area (Å²) in [5.74, 6) is 1.37. The molecule has 0 aliphatic heterocycles. The van der Waals surface area contributed by atoms with E-state index in [1.165, 1.54) is 19.3 Å². The van der Waals surface area contributed by atoms with Crippen LogP contribution in [0, 0.1) is 11.8 Å². The molecule has 0 spiro atoms. The van der Waals surface area contributed by atoms with Crippen LogP contribution in [-0.4, -0.2) is 10.7 Å². The van der Waals surface area contributed by atoms with Crippen LogP contribution < -0.4 is 0 Å². The standard InChI is InChI=1S/C9H18O/c1-7-4-5-8(6-7)9(2,3)10/h7-8,10H,4-6H2,1-3H3/t7-,8-/m0/s1. The maximum absolute atomic E-state index is 9.64. The zero-order valence-electron chi connectivity index (χ0n) is 7.22. The van der Waals surface area contributed by atoms with Crippen molar-refractivity contribution < 1.29 is 5.11 Å². The maximum Gasteiger partial charge on any atom is 0.0619 e. The predicted octanol–water partition coefficient (Wildman–Crippen LogP) is 2.19. The molecule has 1 N–H and O–H groups in total. The van der Waals surface area contributed by atoms with Gasteiger partial charge in [-0.3, -0.25) is 0 Å². The number of rotatable bonds is 1. The van der Waals surface area contributed by atoms with Crippen molar-refractivity contribution >= 4 is 0 Å². The summed E-state index contributed by atoms with van der Waals surface area (Å²) in [6.07, 6.45) is 3.73. The molecule has 0 unspecified atom stereocenters. The molecule has 0 aromatic rings. The van der Waals surface area contributed by atoms with Gasteiger partial charge in [-0.25, -0.2) is 0 Å². The molecule has 1 saturated carbocycles. The van der Waals surface area contributed by atoms with Gasteiger partial charge in [0.25, 0.3) is 0 Å². The molecule has 1 aliphatic carbocycles. The summed E-state index contributed by atoms with van der Waals surface area (Å²) in [4.78, 5) is 0. The Balaban J connectivity index is 2.45. The van der Waals surface area contributed by atoms with Gasteiger partial charge in [0.1, 0.15) is 0 Å². The first-order valence-corrected chi connectivity index (χ1v) is 4.22. The van der Waals surface area contributed by atoms with Crippen molar-refractivity contribution in [3.05, 3.63) is 0 Å². The third kappa shape index (κ3) is 1.72. The number of hydrogen-bond donors (Lipinski definition) is 1. The summed E-state index contributed by atoms with van der Waals surface area (Å²) in [5, 5.41) is 9.64. The van der Waals surface area contributed by atoms with E-state index in [-0.39, 0.29) is 0 Å². The third-order valence-electron chi connectivity index (χ3n) is 2.69. The van der Waals surface area contributed by atoms with Gasteiger partial charge in [0.15, 0.2) is 0 Å². The van der Waals surface area contributed by atoms with Crippen molar-refractivity contribution in [1.82, 2.24) is 0 Å². The Kier molecular flexibility index (Phi) is 2.04. The molecular weight excluding hydrogens is 124 g/mol. The lowest BCUT2D eigenvalue weighted by molar-refractivity contribution is 0.0186. The van der Waals surface area contributed by atoms with E-state index in [1.807, 2.05) is 13.8 Å². The minimum Gasteiger partial charge on any atom is -0.390 e. The highest BCUT2D eigenvalue weighted by molar-refractivity contribution is 4.83. The van der Waals surface area contributed by atoms with Crippen molar-refractivity contribution in [1.29, 1.82) is 0 Å². The van der Waals surface area contributed by atoms with Crippen LogP contribution in [0.25, 0.3) is 0 Å². The van der Waals surface area contributed by atoms with Gasteiger partial charge in [-0.15, -0.1) is 0 Å². The molecule has 0 aromatic carbocycles. The average Bonchev–Trinajstić information content (AvgIpc) is 2.11. The molecule has 60 valence electrons. The molecule has 0 radical (unpaired) electrons. The van der Waals surface area contributed by atoms with Crippen molar-refractivity contribution in [2.75, 3.05) is 0 Å². The highest BCUT2D eigenvalue weighted by Crippen LogP contribution is 2.36. The van der Waals surface area contributed by atoms with E-state index in [0.29, 0.717) is 5.92 Å². The van der Waals surface area contributed by atoms with E-state index >= 15 is 0 Å². The first-order valence-electron chi connectivity index (χ1n) is 4.22. The van der Waals surface area contributed by atoms with Gasteiger partial charge in [-0.2, -0.15) is 0 Å². The summed E-state index contributed by atoms with van der Waals surface area (Å²) in [5.41, 5.74) is -0.440. The Morgan fingerprint density at radius 2 is 1.90 bits per heavy atom. The molecule has 1 rings (SSSR count). The molecule has 10 heavy (non-hydrogen) atoms. The van der Waals surface area contributed by atoms with Gasteiger partial charge in [0.05, 0.1) is 5.60 Å². The van der Waals surface area contributed by atoms with Crippen LogP contribution in [0.4, 0.5) is 0 Å². The van der Waals surface area contributed by atoms with Crippen LogP contribution in [0.15, 0.2) is 0 Å². The number of aliphatic hydroxyl groups is 1. The van der Waals surface area contributed by atoms with Crippen LogP contribution in [0.1, 0.15) is 40.0 Å². The van der Waals surface area contributed by atoms with Crippen LogP contribution >= 0.6 is 0 Å². The Hall–Kier alpha value is -0.0400. The molecule has 0 saturated heterocycles. The largest absolute Gasteiger partial charge is 0.390 e. The van der Waals surface area contributed by atoms with Crippen molar-refractivity contribution in [2.45, 2.75) is 45.6 Å². The van der Waals surface area contributed by atoms with E-state index < -0.39 is 5.60 Å². The molecular formula is C9H18O. The van der Waals surface area contributed by atoms with Crippen molar-refractivity contribution in [2.24, 2.45) is 11.8 Å². The Bertz CT molecular complexity index is 112. The van der Waals surface area contributed by atoms with Crippen LogP contribution in [0.2, 0.25) is 0 Å². The second-order valence-corrected chi connectivity index (χ2v) is 4.27. The molecule has 1 aliphatic rings. The summed E-state index contributed by atoms with van der Waals surface area (Å²) in [6, 6.07) is 0. The predicted molar refractivity (Wildman–Crippen MR) is 42.8 cm³/mol. The number of hydrogen-bond acceptors (Lipinski definition) is 1. The topological polar surface area (TPSA) is 20.2 Å². The van der Waals surface area contributed by atoms with Crippen LogP contribution in [-0.2, 0) is 0 Å². The lowest BCUT2D eigenvalue weighted by atomic mass is 9.89. The van der Waals surface area contributed by atoms with Gasteiger partial charge in [-0.1, -0.05) is 13.3 Å². The first-order chi connectivity index (χ1) is 4.50. The lowest BCUT2D eigenvalue weighted by Gasteiger charge is -2.25. The highest BCUT2D eigenvalue weighted by atomic mass is 16.3. The van der Waals surface area contributed by atoms with E-state index in [1.54, 1.807) is 0 Å². The fourth-order valence-corrected chi connectivity index (χ4v) is 1.85. The average molecular weight is 142 g/mol. The van der Waals surface area contributed by atoms with E-state index in [9.17, 15) is 5.11 Å². The summed E-state index contributed by atoms with van der Waals surface area (Å²) in [7, 11) is 0. The van der Waals surface area contributed by atoms with E-state index in [0.717, 1.165) is 5.92 Å². The van der Waals surface area contributed by atoms with E-state index in [4.69, 9.17) is 0 Å². The molecule has 2 atom stereocenters. The Morgan fingerprint density at radius 3 is 2.10 bits per heavy atom. The quantitative estimate of drug-likeness (QED) is 0.595. The molecule has 0 aromatic heterocycles. The SMILES string of the molecule is C[C@H]1CC[C@H](C(C)(C)O)C1. The minimum atomic E-state index is -0.440. The molecule has 1 fully saturated rings. The maximum atomic E-state index is 9.64. The summed E-state index contributed by atoms with van der Waals surface area (Å²) in [6.45, 7) is 6.12. The summed E-state index contributed by atoms with van der Waals surface area (Å²) >= 11 is 0. The Morgan fingerprint density at radius 1 is 1.30 bits per heavy atom. The fourth-order valence-electron chi connectivity index (χ4n) is 1.85.